The maximum Gasteiger partial charge on any atom is 0.414 e. The van der Waals surface area contributed by atoms with Crippen LogP contribution in [0.15, 0.2) is 24.3 Å². The number of hydrogen-bond acceptors (Lipinski definition) is 8. The fourth-order valence-electron chi connectivity index (χ4n) is 2.77. The molecule has 11 heteroatoms. The molecular formula is C19H26N2O9. The summed E-state index contributed by atoms with van der Waals surface area (Å²) in [5.74, 6) is -3.88. The van der Waals surface area contributed by atoms with Crippen LogP contribution in [0.25, 0.3) is 0 Å². The zero-order chi connectivity index (χ0) is 22.7. The van der Waals surface area contributed by atoms with E-state index in [9.17, 15) is 14.7 Å². The average molecular weight is 426 g/mol. The molecule has 1 aliphatic rings. The van der Waals surface area contributed by atoms with Gasteiger partial charge in [0.05, 0.1) is 12.7 Å². The van der Waals surface area contributed by atoms with Crippen molar-refractivity contribution in [3.05, 3.63) is 29.8 Å². The number of piperidine rings is 1. The van der Waals surface area contributed by atoms with Crippen molar-refractivity contribution in [1.82, 2.24) is 4.90 Å². The molecule has 11 nitrogen and oxygen atoms in total. The Labute approximate surface area is 173 Å². The number of likely N-dealkylation sites (tertiary alicyclic amines) is 1. The van der Waals surface area contributed by atoms with Crippen molar-refractivity contribution in [3.63, 3.8) is 0 Å². The largest absolute Gasteiger partial charge is 0.491 e. The van der Waals surface area contributed by atoms with Gasteiger partial charge in [-0.2, -0.15) is 0 Å². The molecule has 0 bridgehead atoms. The molecule has 1 fully saturated rings. The lowest BCUT2D eigenvalue weighted by atomic mass is 9.96. The molecule has 30 heavy (non-hydrogen) atoms. The second kappa shape index (κ2) is 12.4. The first-order valence-corrected chi connectivity index (χ1v) is 9.11. The number of aliphatic hydroxyl groups is 1. The fourth-order valence-corrected chi connectivity index (χ4v) is 2.77. The highest BCUT2D eigenvalue weighted by Crippen LogP contribution is 2.17. The second-order valence-electron chi connectivity index (χ2n) is 6.57. The molecule has 0 aromatic heterocycles. The van der Waals surface area contributed by atoms with E-state index in [-0.39, 0.29) is 18.4 Å². The molecule has 1 aliphatic heterocycles. The number of aliphatic hydroxyl groups excluding tert-OH is 1. The van der Waals surface area contributed by atoms with Crippen molar-refractivity contribution in [2.45, 2.75) is 18.9 Å². The van der Waals surface area contributed by atoms with E-state index in [4.69, 9.17) is 30.3 Å². The molecule has 1 heterocycles. The Morgan fingerprint density at radius 1 is 1.17 bits per heavy atom. The highest BCUT2D eigenvalue weighted by molar-refractivity contribution is 6.27. The monoisotopic (exact) mass is 426 g/mol. The van der Waals surface area contributed by atoms with E-state index in [2.05, 4.69) is 9.64 Å². The minimum atomic E-state index is -1.82. The third kappa shape index (κ3) is 8.88. The minimum absolute atomic E-state index is 0.0595. The minimum Gasteiger partial charge on any atom is -0.491 e. The quantitative estimate of drug-likeness (QED) is 0.330. The second-order valence-corrected chi connectivity index (χ2v) is 6.57. The average Bonchev–Trinajstić information content (AvgIpc) is 2.72. The maximum absolute atomic E-state index is 11.5. The molecule has 5 N–H and O–H groups in total. The number of hydrogen-bond donors (Lipinski definition) is 4. The van der Waals surface area contributed by atoms with Crippen molar-refractivity contribution in [2.75, 3.05) is 33.4 Å². The molecular weight excluding hydrogens is 400 g/mol. The van der Waals surface area contributed by atoms with Gasteiger partial charge in [0.25, 0.3) is 0 Å². The third-order valence-electron chi connectivity index (χ3n) is 4.34. The summed E-state index contributed by atoms with van der Waals surface area (Å²) >= 11 is 0. The molecule has 1 amide bonds. The standard InChI is InChI=1S/C17H24N2O5.C2H2O4/c1-23-17(22)13-3-2-4-15(9-13)24-11-14(20)10-19-7-5-12(6-8-19)16(18)21;3-1(4)2(5)6/h2-4,9,12,14,20H,5-8,10-11H2,1H3,(H2,18,21);(H,3,4)(H,5,6). The van der Waals surface area contributed by atoms with E-state index < -0.39 is 24.0 Å². The van der Waals surface area contributed by atoms with Crippen LogP contribution in [0.1, 0.15) is 23.2 Å². The predicted molar refractivity (Wildman–Crippen MR) is 103 cm³/mol. The summed E-state index contributed by atoms with van der Waals surface area (Å²) in [6.07, 6.45) is 0.797. The van der Waals surface area contributed by atoms with Crippen LogP contribution in [0.5, 0.6) is 5.75 Å². The zero-order valence-corrected chi connectivity index (χ0v) is 16.5. The summed E-state index contributed by atoms with van der Waals surface area (Å²) in [5.41, 5.74) is 5.71. The lowest BCUT2D eigenvalue weighted by molar-refractivity contribution is -0.159. The summed E-state index contributed by atoms with van der Waals surface area (Å²) in [6, 6.07) is 6.63. The molecule has 1 unspecified atom stereocenters. The molecule has 0 radical (unpaired) electrons. The van der Waals surface area contributed by atoms with E-state index in [1.54, 1.807) is 24.3 Å². The number of carbonyl (C=O) groups excluding carboxylic acids is 2. The number of carboxylic acid groups (broad SMARTS) is 2. The van der Waals surface area contributed by atoms with Gasteiger partial charge < -0.3 is 35.4 Å². The number of nitrogens with zero attached hydrogens (tertiary/aromatic N) is 1. The number of aliphatic carboxylic acids is 2. The van der Waals surface area contributed by atoms with Crippen LogP contribution in [0, 0.1) is 5.92 Å². The van der Waals surface area contributed by atoms with Crippen LogP contribution in [-0.2, 0) is 19.1 Å². The van der Waals surface area contributed by atoms with Gasteiger partial charge >= 0.3 is 17.9 Å². The number of benzene rings is 1. The molecule has 1 aromatic rings. The van der Waals surface area contributed by atoms with Gasteiger partial charge in [-0.25, -0.2) is 14.4 Å². The van der Waals surface area contributed by atoms with E-state index in [0.717, 1.165) is 25.9 Å². The summed E-state index contributed by atoms with van der Waals surface area (Å²) < 4.78 is 10.2. The normalized spacial score (nSPS) is 15.3. The van der Waals surface area contributed by atoms with Crippen molar-refractivity contribution < 1.29 is 44.0 Å². The number of rotatable bonds is 7. The van der Waals surface area contributed by atoms with Crippen LogP contribution in [0.3, 0.4) is 0 Å². The summed E-state index contributed by atoms with van der Waals surface area (Å²) in [7, 11) is 1.32. The van der Waals surface area contributed by atoms with Crippen LogP contribution in [0.2, 0.25) is 0 Å². The van der Waals surface area contributed by atoms with Crippen LogP contribution >= 0.6 is 0 Å². The molecule has 1 saturated heterocycles. The van der Waals surface area contributed by atoms with E-state index in [1.807, 2.05) is 0 Å². The highest BCUT2D eigenvalue weighted by Gasteiger charge is 2.24. The van der Waals surface area contributed by atoms with Gasteiger partial charge in [0, 0.05) is 12.5 Å². The third-order valence-corrected chi connectivity index (χ3v) is 4.34. The van der Waals surface area contributed by atoms with Crippen LogP contribution < -0.4 is 10.5 Å². The Morgan fingerprint density at radius 3 is 2.27 bits per heavy atom. The topological polar surface area (TPSA) is 177 Å². The zero-order valence-electron chi connectivity index (χ0n) is 16.5. The number of carbonyl (C=O) groups is 4. The van der Waals surface area contributed by atoms with Crippen molar-refractivity contribution >= 4 is 23.8 Å². The lowest BCUT2D eigenvalue weighted by Crippen LogP contribution is -2.43. The first-order valence-electron chi connectivity index (χ1n) is 9.11. The molecule has 0 saturated carbocycles. The van der Waals surface area contributed by atoms with E-state index in [0.29, 0.717) is 17.9 Å². The highest BCUT2D eigenvalue weighted by atomic mass is 16.5. The number of amides is 1. The molecule has 1 aromatic carbocycles. The number of β-amino-alcohol motifs (C(OH)–C–C–N with tert-alkyl or cyclic N) is 1. The molecule has 1 atom stereocenters. The van der Waals surface area contributed by atoms with E-state index >= 15 is 0 Å². The Hall–Kier alpha value is -3.18. The number of primary amides is 1. The number of methoxy groups -OCH3 is 1. The molecule has 0 aliphatic carbocycles. The number of esters is 1. The van der Waals surface area contributed by atoms with Crippen molar-refractivity contribution in [3.8, 4) is 5.75 Å². The Kier molecular flexibility index (Phi) is 10.3. The predicted octanol–water partition coefficient (Wildman–Crippen LogP) is -0.434. The van der Waals surface area contributed by atoms with Gasteiger partial charge in [-0.3, -0.25) is 4.79 Å². The van der Waals surface area contributed by atoms with Crippen LogP contribution in [0.4, 0.5) is 0 Å². The van der Waals surface area contributed by atoms with Crippen molar-refractivity contribution in [1.29, 1.82) is 0 Å². The SMILES string of the molecule is COC(=O)c1cccc(OCC(O)CN2CCC(C(N)=O)CC2)c1.O=C(O)C(=O)O. The smallest absolute Gasteiger partial charge is 0.414 e. The first-order chi connectivity index (χ1) is 14.1. The number of ether oxygens (including phenoxy) is 2. The number of nitrogens with two attached hydrogens (primary N) is 1. The van der Waals surface area contributed by atoms with Crippen LogP contribution in [-0.4, -0.2) is 83.5 Å². The Balaban J connectivity index is 0.000000656. The number of carboxylic acids is 2. The Bertz CT molecular complexity index is 733. The first kappa shape index (κ1) is 24.9. The summed E-state index contributed by atoms with van der Waals surface area (Å²) in [6.45, 7) is 2.08. The van der Waals surface area contributed by atoms with Gasteiger partial charge in [0.1, 0.15) is 18.5 Å². The van der Waals surface area contributed by atoms with Gasteiger partial charge in [0.2, 0.25) is 5.91 Å². The maximum atomic E-state index is 11.5. The lowest BCUT2D eigenvalue weighted by Gasteiger charge is -2.31. The van der Waals surface area contributed by atoms with E-state index in [1.165, 1.54) is 7.11 Å². The summed E-state index contributed by atoms with van der Waals surface area (Å²) in [5, 5.41) is 24.9. The summed E-state index contributed by atoms with van der Waals surface area (Å²) in [4.78, 5) is 42.9. The van der Waals surface area contributed by atoms with Gasteiger partial charge in [0.15, 0.2) is 0 Å². The molecule has 166 valence electrons. The molecule has 2 rings (SSSR count). The van der Waals surface area contributed by atoms with Gasteiger partial charge in [-0.05, 0) is 44.1 Å². The van der Waals surface area contributed by atoms with Gasteiger partial charge in [-0.15, -0.1) is 0 Å². The van der Waals surface area contributed by atoms with Crippen molar-refractivity contribution in [2.24, 2.45) is 11.7 Å². The Morgan fingerprint density at radius 2 is 1.77 bits per heavy atom. The van der Waals surface area contributed by atoms with Gasteiger partial charge in [-0.1, -0.05) is 6.07 Å². The molecule has 0 spiro atoms. The fraction of sp³-hybridized carbons (Fsp3) is 0.474.